The van der Waals surface area contributed by atoms with Gasteiger partial charge in [0.2, 0.25) is 0 Å². The quantitative estimate of drug-likeness (QED) is 0.500. The molecule has 6 heteroatoms. The Hall–Kier alpha value is -2.47. The number of carbonyl (C=O) groups excluding carboxylic acids is 2. The first-order valence-corrected chi connectivity index (χ1v) is 9.94. The molecule has 0 aliphatic rings. The Morgan fingerprint density at radius 1 is 1.07 bits per heavy atom. The van der Waals surface area contributed by atoms with Gasteiger partial charge in [-0.2, -0.15) is 0 Å². The zero-order chi connectivity index (χ0) is 19.5. The molecule has 0 saturated carbocycles. The third kappa shape index (κ3) is 7.74. The number of benzene rings is 2. The van der Waals surface area contributed by atoms with Gasteiger partial charge in [0, 0.05) is 11.4 Å². The number of amides is 1. The maximum Gasteiger partial charge on any atom is 0.317 e. The van der Waals surface area contributed by atoms with Crippen molar-refractivity contribution < 1.29 is 19.1 Å². The summed E-state index contributed by atoms with van der Waals surface area (Å²) < 4.78 is 10.6. The first kappa shape index (κ1) is 20.8. The Bertz CT molecular complexity index is 719. The lowest BCUT2D eigenvalue weighted by atomic mass is 10.1. The minimum Gasteiger partial charge on any atom is -0.494 e. The Labute approximate surface area is 164 Å². The summed E-state index contributed by atoms with van der Waals surface area (Å²) in [5.41, 5.74) is 1.15. The van der Waals surface area contributed by atoms with Crippen LogP contribution >= 0.6 is 11.8 Å². The summed E-state index contributed by atoms with van der Waals surface area (Å²) in [5.74, 6) is 0.241. The van der Waals surface area contributed by atoms with Gasteiger partial charge in [-0.1, -0.05) is 30.3 Å². The number of rotatable bonds is 10. The van der Waals surface area contributed by atoms with Crippen LogP contribution in [0.3, 0.4) is 0 Å². The zero-order valence-corrected chi connectivity index (χ0v) is 16.5. The molecule has 0 heterocycles. The van der Waals surface area contributed by atoms with Crippen LogP contribution in [0, 0.1) is 0 Å². The summed E-state index contributed by atoms with van der Waals surface area (Å²) >= 11 is 1.36. The maximum absolute atomic E-state index is 12.0. The highest BCUT2D eigenvalue weighted by Crippen LogP contribution is 2.21. The van der Waals surface area contributed by atoms with E-state index >= 15 is 0 Å². The summed E-state index contributed by atoms with van der Waals surface area (Å²) in [7, 11) is 0. The lowest BCUT2D eigenvalue weighted by Gasteiger charge is -2.13. The largest absolute Gasteiger partial charge is 0.494 e. The monoisotopic (exact) mass is 387 g/mol. The van der Waals surface area contributed by atoms with Crippen LogP contribution in [0.25, 0.3) is 0 Å². The fraction of sp³-hybridized carbons (Fsp3) is 0.333. The summed E-state index contributed by atoms with van der Waals surface area (Å²) in [6.07, 6.45) is -0.0740. The van der Waals surface area contributed by atoms with Crippen LogP contribution in [0.1, 0.15) is 19.4 Å². The average Bonchev–Trinajstić information content (AvgIpc) is 2.68. The second-order valence-electron chi connectivity index (χ2n) is 5.85. The molecule has 0 aliphatic heterocycles. The smallest absolute Gasteiger partial charge is 0.317 e. The van der Waals surface area contributed by atoms with Crippen molar-refractivity contribution in [1.29, 1.82) is 0 Å². The molecule has 2 rings (SSSR count). The molecule has 1 atom stereocenters. The van der Waals surface area contributed by atoms with Crippen LogP contribution in [0.4, 0.5) is 0 Å². The predicted molar refractivity (Wildman–Crippen MR) is 107 cm³/mol. The normalized spacial score (nSPS) is 11.5. The molecule has 0 saturated heterocycles. The van der Waals surface area contributed by atoms with E-state index in [1.165, 1.54) is 11.8 Å². The summed E-state index contributed by atoms with van der Waals surface area (Å²) in [5, 5.41) is 2.79. The van der Waals surface area contributed by atoms with Crippen LogP contribution in [0.5, 0.6) is 5.75 Å². The van der Waals surface area contributed by atoms with E-state index in [1.807, 2.05) is 61.5 Å². The van der Waals surface area contributed by atoms with E-state index in [-0.39, 0.29) is 11.7 Å². The molecule has 1 N–H and O–H groups in total. The van der Waals surface area contributed by atoms with Gasteiger partial charge in [-0.25, -0.2) is 0 Å². The van der Waals surface area contributed by atoms with E-state index in [2.05, 4.69) is 5.32 Å². The first-order valence-electron chi connectivity index (χ1n) is 8.95. The molecule has 144 valence electrons. The Morgan fingerprint density at radius 2 is 1.78 bits per heavy atom. The molecular weight excluding hydrogens is 362 g/mol. The summed E-state index contributed by atoms with van der Waals surface area (Å²) in [6, 6.07) is 17.4. The van der Waals surface area contributed by atoms with Gasteiger partial charge in [-0.05, 0) is 50.1 Å². The zero-order valence-electron chi connectivity index (χ0n) is 15.6. The van der Waals surface area contributed by atoms with Crippen molar-refractivity contribution in [2.24, 2.45) is 0 Å². The highest BCUT2D eigenvalue weighted by Gasteiger charge is 2.17. The second kappa shape index (κ2) is 11.3. The van der Waals surface area contributed by atoms with Crippen LogP contribution < -0.4 is 10.1 Å². The molecule has 0 aliphatic carbocycles. The predicted octanol–water partition coefficient (Wildman–Crippen LogP) is 3.47. The fourth-order valence-corrected chi connectivity index (χ4v) is 3.03. The lowest BCUT2D eigenvalue weighted by molar-refractivity contribution is -0.152. The van der Waals surface area contributed by atoms with Crippen molar-refractivity contribution in [2.75, 3.05) is 18.9 Å². The van der Waals surface area contributed by atoms with E-state index in [9.17, 15) is 9.59 Å². The maximum atomic E-state index is 12.0. The standard InChI is InChI=1S/C21H25NO4S/c1-3-25-18-9-11-19(12-10-18)27-15-20(23)26-16(2)21(24)22-14-13-17-7-5-4-6-8-17/h4-12,16H,3,13-15H2,1-2H3,(H,22,24)/t16-/m0/s1. The van der Waals surface area contributed by atoms with Crippen molar-refractivity contribution in [2.45, 2.75) is 31.3 Å². The van der Waals surface area contributed by atoms with Crippen molar-refractivity contribution in [1.82, 2.24) is 5.32 Å². The van der Waals surface area contributed by atoms with Crippen LogP contribution in [0.2, 0.25) is 0 Å². The third-order valence-electron chi connectivity index (χ3n) is 3.72. The molecule has 27 heavy (non-hydrogen) atoms. The molecule has 2 aromatic rings. The van der Waals surface area contributed by atoms with Crippen LogP contribution in [-0.4, -0.2) is 36.9 Å². The summed E-state index contributed by atoms with van der Waals surface area (Å²) in [4.78, 5) is 24.9. The van der Waals surface area contributed by atoms with Gasteiger partial charge in [0.1, 0.15) is 5.75 Å². The molecular formula is C21H25NO4S. The number of thioether (sulfide) groups is 1. The third-order valence-corrected chi connectivity index (χ3v) is 4.71. The minimum absolute atomic E-state index is 0.148. The van der Waals surface area contributed by atoms with E-state index in [1.54, 1.807) is 6.92 Å². The highest BCUT2D eigenvalue weighted by atomic mass is 32.2. The van der Waals surface area contributed by atoms with Crippen molar-refractivity contribution in [3.63, 3.8) is 0 Å². The van der Waals surface area contributed by atoms with Crippen molar-refractivity contribution in [3.8, 4) is 5.75 Å². The highest BCUT2D eigenvalue weighted by molar-refractivity contribution is 8.00. The molecule has 5 nitrogen and oxygen atoms in total. The molecule has 0 spiro atoms. The van der Waals surface area contributed by atoms with E-state index in [0.29, 0.717) is 13.2 Å². The van der Waals surface area contributed by atoms with Gasteiger partial charge in [0.05, 0.1) is 12.4 Å². The van der Waals surface area contributed by atoms with Gasteiger partial charge in [-0.3, -0.25) is 9.59 Å². The molecule has 0 aromatic heterocycles. The lowest BCUT2D eigenvalue weighted by Crippen LogP contribution is -2.37. The number of hydrogen-bond acceptors (Lipinski definition) is 5. The van der Waals surface area contributed by atoms with Crippen molar-refractivity contribution >= 4 is 23.6 Å². The van der Waals surface area contributed by atoms with Crippen LogP contribution in [-0.2, 0) is 20.7 Å². The van der Waals surface area contributed by atoms with Gasteiger partial charge in [-0.15, -0.1) is 11.8 Å². The molecule has 0 unspecified atom stereocenters. The Morgan fingerprint density at radius 3 is 2.44 bits per heavy atom. The number of nitrogens with one attached hydrogen (secondary N) is 1. The molecule has 0 radical (unpaired) electrons. The Balaban J connectivity index is 1.67. The minimum atomic E-state index is -0.811. The topological polar surface area (TPSA) is 64.6 Å². The molecule has 1 amide bonds. The molecule has 2 aromatic carbocycles. The molecule has 0 fully saturated rings. The Kier molecular flexibility index (Phi) is 8.71. The first-order chi connectivity index (χ1) is 13.1. The molecule has 0 bridgehead atoms. The number of hydrogen-bond donors (Lipinski definition) is 1. The second-order valence-corrected chi connectivity index (χ2v) is 6.90. The van der Waals surface area contributed by atoms with Crippen LogP contribution in [0.15, 0.2) is 59.5 Å². The fourth-order valence-electron chi connectivity index (χ4n) is 2.34. The number of esters is 1. The number of carbonyl (C=O) groups is 2. The van der Waals surface area contributed by atoms with Gasteiger partial charge in [0.15, 0.2) is 6.10 Å². The van der Waals surface area contributed by atoms with Gasteiger partial charge in [0.25, 0.3) is 5.91 Å². The van der Waals surface area contributed by atoms with Gasteiger partial charge >= 0.3 is 5.97 Å². The van der Waals surface area contributed by atoms with E-state index < -0.39 is 12.1 Å². The van der Waals surface area contributed by atoms with Crippen molar-refractivity contribution in [3.05, 3.63) is 60.2 Å². The SMILES string of the molecule is CCOc1ccc(SCC(=O)O[C@@H](C)C(=O)NCCc2ccccc2)cc1. The van der Waals surface area contributed by atoms with E-state index in [4.69, 9.17) is 9.47 Å². The average molecular weight is 388 g/mol. The van der Waals surface area contributed by atoms with Gasteiger partial charge < -0.3 is 14.8 Å². The number of ether oxygens (including phenoxy) is 2. The summed E-state index contributed by atoms with van der Waals surface area (Å²) in [6.45, 7) is 4.63. The van der Waals surface area contributed by atoms with E-state index in [0.717, 1.165) is 22.6 Å².